The Morgan fingerprint density at radius 2 is 1.86 bits per heavy atom. The summed E-state index contributed by atoms with van der Waals surface area (Å²) in [6.45, 7) is 9.36. The normalized spacial score (nSPS) is 14.1. The Balaban J connectivity index is 2.96. The van der Waals surface area contributed by atoms with Gasteiger partial charge in [0.1, 0.15) is 5.60 Å². The fraction of sp³-hybridized carbons (Fsp3) is 0.529. The fourth-order valence-corrected chi connectivity index (χ4v) is 1.90. The summed E-state index contributed by atoms with van der Waals surface area (Å²) >= 11 is 0. The van der Waals surface area contributed by atoms with E-state index < -0.39 is 17.6 Å². The molecule has 0 saturated heterocycles. The average Bonchev–Trinajstić information content (AvgIpc) is 2.34. The van der Waals surface area contributed by atoms with Gasteiger partial charge >= 0.3 is 5.97 Å². The van der Waals surface area contributed by atoms with Gasteiger partial charge in [-0.15, -0.1) is 0 Å². The molecule has 21 heavy (non-hydrogen) atoms. The molecule has 0 aromatic heterocycles. The van der Waals surface area contributed by atoms with Gasteiger partial charge in [0, 0.05) is 12.0 Å². The zero-order chi connectivity index (χ0) is 16.0. The van der Waals surface area contributed by atoms with Crippen LogP contribution < -0.4 is 0 Å². The Kier molecular flexibility index (Phi) is 5.94. The van der Waals surface area contributed by atoms with Crippen molar-refractivity contribution in [2.75, 3.05) is 0 Å². The van der Waals surface area contributed by atoms with Gasteiger partial charge in [0.25, 0.3) is 6.04 Å². The summed E-state index contributed by atoms with van der Waals surface area (Å²) in [5, 5.41) is 12.3. The van der Waals surface area contributed by atoms with Gasteiger partial charge < -0.3 is 9.94 Å². The zero-order valence-electron chi connectivity index (χ0n) is 13.5. The molecular formula is C17H25NO3. The molecule has 0 amide bonds. The Morgan fingerprint density at radius 1 is 1.29 bits per heavy atom. The van der Waals surface area contributed by atoms with Gasteiger partial charge in [0.2, 0.25) is 0 Å². The molecule has 0 spiro atoms. The number of rotatable bonds is 5. The quantitative estimate of drug-likeness (QED) is 0.275. The highest BCUT2D eigenvalue weighted by Gasteiger charge is 2.32. The van der Waals surface area contributed by atoms with Gasteiger partial charge in [-0.3, -0.25) is 0 Å². The summed E-state index contributed by atoms with van der Waals surface area (Å²) in [4.78, 5) is 12.2. The third-order valence-corrected chi connectivity index (χ3v) is 2.76. The molecule has 0 saturated carbocycles. The van der Waals surface area contributed by atoms with Crippen molar-refractivity contribution in [3.05, 3.63) is 41.1 Å². The minimum absolute atomic E-state index is 0.225. The van der Waals surface area contributed by atoms with Gasteiger partial charge in [0.05, 0.1) is 0 Å². The predicted molar refractivity (Wildman–Crippen MR) is 84.3 cm³/mol. The number of hydroxylamine groups is 1. The largest absolute Gasteiger partial charge is 0.623 e. The van der Waals surface area contributed by atoms with Crippen molar-refractivity contribution < 1.29 is 14.3 Å². The van der Waals surface area contributed by atoms with Gasteiger partial charge in [-0.25, -0.2) is 4.79 Å². The van der Waals surface area contributed by atoms with Crippen LogP contribution in [0.25, 0.3) is 0 Å². The van der Waals surface area contributed by atoms with E-state index in [0.29, 0.717) is 11.2 Å². The molecule has 4 nitrogen and oxygen atoms in total. The predicted octanol–water partition coefficient (Wildman–Crippen LogP) is 3.37. The third-order valence-electron chi connectivity index (χ3n) is 2.76. The molecule has 1 atom stereocenters. The molecule has 0 heterocycles. The highest BCUT2D eigenvalue weighted by Crippen LogP contribution is 2.15. The van der Waals surface area contributed by atoms with Crippen LogP contribution in [-0.2, 0) is 9.53 Å². The molecule has 0 bridgehead atoms. The number of esters is 1. The lowest BCUT2D eigenvalue weighted by molar-refractivity contribution is -0.487. The van der Waals surface area contributed by atoms with Crippen molar-refractivity contribution >= 4 is 12.2 Å². The number of benzene rings is 1. The summed E-state index contributed by atoms with van der Waals surface area (Å²) in [6.07, 6.45) is 1.90. The molecule has 4 heteroatoms. The zero-order valence-corrected chi connectivity index (χ0v) is 13.5. The maximum Gasteiger partial charge on any atom is 0.377 e. The second-order valence-corrected chi connectivity index (χ2v) is 6.58. The Hall–Kier alpha value is -1.84. The maximum atomic E-state index is 12.3. The summed E-state index contributed by atoms with van der Waals surface area (Å²) < 4.78 is 6.07. The summed E-state index contributed by atoms with van der Waals surface area (Å²) in [5.41, 5.74) is 0.171. The van der Waals surface area contributed by atoms with E-state index in [1.165, 1.54) is 6.21 Å². The van der Waals surface area contributed by atoms with Crippen LogP contribution in [-0.4, -0.2) is 28.6 Å². The molecule has 0 fully saturated rings. The van der Waals surface area contributed by atoms with Crippen molar-refractivity contribution in [2.24, 2.45) is 5.92 Å². The lowest BCUT2D eigenvalue weighted by Crippen LogP contribution is -2.38. The van der Waals surface area contributed by atoms with E-state index >= 15 is 0 Å². The molecule has 0 N–H and O–H groups in total. The minimum Gasteiger partial charge on any atom is -0.623 e. The van der Waals surface area contributed by atoms with Gasteiger partial charge in [0.15, 0.2) is 6.21 Å². The van der Waals surface area contributed by atoms with Crippen molar-refractivity contribution in [3.8, 4) is 0 Å². The first-order chi connectivity index (χ1) is 9.69. The van der Waals surface area contributed by atoms with E-state index in [4.69, 9.17) is 4.74 Å². The van der Waals surface area contributed by atoms with Crippen LogP contribution in [0.4, 0.5) is 0 Å². The summed E-state index contributed by atoms with van der Waals surface area (Å²) in [7, 11) is 0. The highest BCUT2D eigenvalue weighted by atomic mass is 16.6. The van der Waals surface area contributed by atoms with Gasteiger partial charge in [-0.1, -0.05) is 32.0 Å². The molecule has 1 rings (SSSR count). The van der Waals surface area contributed by atoms with Crippen LogP contribution in [0.5, 0.6) is 0 Å². The molecule has 0 aliphatic heterocycles. The lowest BCUT2D eigenvalue weighted by Gasteiger charge is -2.24. The van der Waals surface area contributed by atoms with Crippen LogP contribution in [0.3, 0.4) is 0 Å². The van der Waals surface area contributed by atoms with Crippen molar-refractivity contribution in [1.29, 1.82) is 0 Å². The number of ether oxygens (including phenoxy) is 1. The van der Waals surface area contributed by atoms with Gasteiger partial charge in [-0.05, 0) is 38.8 Å². The number of nitrogens with zero attached hydrogens (tertiary/aromatic N) is 1. The first-order valence-corrected chi connectivity index (χ1v) is 7.27. The molecular weight excluding hydrogens is 266 g/mol. The maximum absolute atomic E-state index is 12.3. The number of hydrogen-bond acceptors (Lipinski definition) is 3. The molecule has 0 radical (unpaired) electrons. The minimum atomic E-state index is -0.815. The van der Waals surface area contributed by atoms with E-state index in [1.807, 2.05) is 44.2 Å². The van der Waals surface area contributed by atoms with E-state index in [2.05, 4.69) is 0 Å². The van der Waals surface area contributed by atoms with Crippen molar-refractivity contribution in [3.63, 3.8) is 0 Å². The van der Waals surface area contributed by atoms with Crippen LogP contribution in [0.1, 0.15) is 46.6 Å². The summed E-state index contributed by atoms with van der Waals surface area (Å²) in [5.74, 6) is -0.249. The standard InChI is InChI=1S/C17H25NO3/c1-13(2)11-15(16(19)21-17(3,4)5)18(20)12-14-9-7-6-8-10-14/h6-10,12-13,15H,11H2,1-5H3/b18-12-/t15-/m0/s1. The highest BCUT2D eigenvalue weighted by molar-refractivity contribution is 5.79. The van der Waals surface area contributed by atoms with E-state index in [9.17, 15) is 10.0 Å². The second kappa shape index (κ2) is 7.25. The monoisotopic (exact) mass is 291 g/mol. The van der Waals surface area contributed by atoms with E-state index in [-0.39, 0.29) is 5.92 Å². The number of carbonyl (C=O) groups is 1. The SMILES string of the molecule is CC(C)C[C@@H](C(=O)OC(C)(C)C)/[N+]([O-])=C/c1ccccc1. The first kappa shape index (κ1) is 17.2. The molecule has 0 unspecified atom stereocenters. The Labute approximate surface area is 127 Å². The van der Waals surface area contributed by atoms with E-state index in [1.54, 1.807) is 20.8 Å². The molecule has 0 aliphatic carbocycles. The first-order valence-electron chi connectivity index (χ1n) is 7.27. The Morgan fingerprint density at radius 3 is 2.33 bits per heavy atom. The van der Waals surface area contributed by atoms with E-state index in [0.717, 1.165) is 5.56 Å². The van der Waals surface area contributed by atoms with Crippen LogP contribution in [0, 0.1) is 11.1 Å². The van der Waals surface area contributed by atoms with Crippen molar-refractivity contribution in [1.82, 2.24) is 0 Å². The molecule has 116 valence electrons. The third kappa shape index (κ3) is 6.43. The smallest absolute Gasteiger partial charge is 0.377 e. The van der Waals surface area contributed by atoms with Crippen molar-refractivity contribution in [2.45, 2.75) is 52.7 Å². The number of hydrogen-bond donors (Lipinski definition) is 0. The number of carbonyl (C=O) groups excluding carboxylic acids is 1. The summed E-state index contributed by atoms with van der Waals surface area (Å²) in [6, 6.07) is 8.42. The average molecular weight is 291 g/mol. The fourth-order valence-electron chi connectivity index (χ4n) is 1.90. The topological polar surface area (TPSA) is 52.4 Å². The van der Waals surface area contributed by atoms with Crippen LogP contribution >= 0.6 is 0 Å². The molecule has 1 aromatic carbocycles. The lowest BCUT2D eigenvalue weighted by atomic mass is 10.0. The molecule has 1 aromatic rings. The Bertz CT molecular complexity index is 487. The van der Waals surface area contributed by atoms with Crippen LogP contribution in [0.15, 0.2) is 30.3 Å². The van der Waals surface area contributed by atoms with Crippen LogP contribution in [0.2, 0.25) is 0 Å². The molecule has 0 aliphatic rings. The second-order valence-electron chi connectivity index (χ2n) is 6.58. The van der Waals surface area contributed by atoms with Gasteiger partial charge in [-0.2, -0.15) is 4.74 Å².